The molecule has 0 aliphatic rings. The topological polar surface area (TPSA) is 25.2 Å². The molecule has 0 aromatic carbocycles. The summed E-state index contributed by atoms with van der Waals surface area (Å²) in [5, 5.41) is 3.35. The van der Waals surface area contributed by atoms with E-state index in [1.54, 1.807) is 6.26 Å². The minimum Gasteiger partial charge on any atom is -0.467 e. The number of rotatable bonds is 5. The van der Waals surface area contributed by atoms with Crippen LogP contribution in [-0.4, -0.2) is 7.05 Å². The van der Waals surface area contributed by atoms with E-state index in [4.69, 9.17) is 4.42 Å². The summed E-state index contributed by atoms with van der Waals surface area (Å²) >= 11 is 0. The van der Waals surface area contributed by atoms with E-state index in [1.165, 1.54) is 18.4 Å². The Morgan fingerprint density at radius 3 is 2.36 bits per heavy atom. The fourth-order valence-electron chi connectivity index (χ4n) is 2.04. The third-order valence-electron chi connectivity index (χ3n) is 3.02. The van der Waals surface area contributed by atoms with E-state index in [-0.39, 0.29) is 0 Å². The lowest BCUT2D eigenvalue weighted by Gasteiger charge is -2.23. The predicted octanol–water partition coefficient (Wildman–Crippen LogP) is 3.28. The lowest BCUT2D eigenvalue weighted by atomic mass is 9.91. The van der Waals surface area contributed by atoms with Gasteiger partial charge in [0.1, 0.15) is 5.76 Å². The maximum absolute atomic E-state index is 5.54. The van der Waals surface area contributed by atoms with Gasteiger partial charge in [0.15, 0.2) is 0 Å². The molecular formula is C12H21NO. The van der Waals surface area contributed by atoms with E-state index in [2.05, 4.69) is 26.1 Å². The van der Waals surface area contributed by atoms with Crippen LogP contribution >= 0.6 is 0 Å². The minimum atomic E-state index is 0.361. The highest BCUT2D eigenvalue weighted by molar-refractivity contribution is 5.18. The van der Waals surface area contributed by atoms with Crippen LogP contribution in [-0.2, 0) is 0 Å². The molecule has 0 bridgehead atoms. The van der Waals surface area contributed by atoms with Gasteiger partial charge in [-0.3, -0.25) is 0 Å². The molecular weight excluding hydrogens is 174 g/mol. The Morgan fingerprint density at radius 1 is 1.36 bits per heavy atom. The summed E-state index contributed by atoms with van der Waals surface area (Å²) in [5.74, 6) is 1.76. The third kappa shape index (κ3) is 2.18. The highest BCUT2D eigenvalue weighted by atomic mass is 16.3. The summed E-state index contributed by atoms with van der Waals surface area (Å²) in [6.45, 7) is 6.57. The molecule has 1 aromatic heterocycles. The summed E-state index contributed by atoms with van der Waals surface area (Å²) in [6, 6.07) is 2.39. The third-order valence-corrected chi connectivity index (χ3v) is 3.02. The van der Waals surface area contributed by atoms with E-state index in [0.717, 1.165) is 5.76 Å². The fourth-order valence-corrected chi connectivity index (χ4v) is 2.04. The molecule has 0 amide bonds. The van der Waals surface area contributed by atoms with Gasteiger partial charge in [-0.1, -0.05) is 26.7 Å². The SMILES string of the molecule is CCC(CC)C(NC)c1occc1C. The first-order valence-electron chi connectivity index (χ1n) is 5.45. The summed E-state index contributed by atoms with van der Waals surface area (Å²) in [6.07, 6.45) is 4.14. The molecule has 0 aliphatic heterocycles. The second kappa shape index (κ2) is 5.20. The molecule has 0 saturated carbocycles. The summed E-state index contributed by atoms with van der Waals surface area (Å²) in [4.78, 5) is 0. The molecule has 2 heteroatoms. The second-order valence-corrected chi connectivity index (χ2v) is 3.81. The lowest BCUT2D eigenvalue weighted by molar-refractivity contribution is 0.307. The van der Waals surface area contributed by atoms with Crippen molar-refractivity contribution < 1.29 is 4.42 Å². The van der Waals surface area contributed by atoms with Gasteiger partial charge in [-0.05, 0) is 31.5 Å². The maximum Gasteiger partial charge on any atom is 0.123 e. The number of hydrogen-bond donors (Lipinski definition) is 1. The molecule has 2 nitrogen and oxygen atoms in total. The van der Waals surface area contributed by atoms with E-state index < -0.39 is 0 Å². The highest BCUT2D eigenvalue weighted by Crippen LogP contribution is 2.29. The molecule has 1 heterocycles. The van der Waals surface area contributed by atoms with Crippen molar-refractivity contribution in [3.63, 3.8) is 0 Å². The fraction of sp³-hybridized carbons (Fsp3) is 0.667. The van der Waals surface area contributed by atoms with Crippen molar-refractivity contribution in [3.8, 4) is 0 Å². The Kier molecular flexibility index (Phi) is 4.21. The van der Waals surface area contributed by atoms with Gasteiger partial charge in [0.25, 0.3) is 0 Å². The zero-order chi connectivity index (χ0) is 10.6. The number of nitrogens with one attached hydrogen (secondary N) is 1. The average molecular weight is 195 g/mol. The summed E-state index contributed by atoms with van der Waals surface area (Å²) in [5.41, 5.74) is 1.25. The van der Waals surface area contributed by atoms with Gasteiger partial charge in [-0.25, -0.2) is 0 Å². The first-order chi connectivity index (χ1) is 6.74. The molecule has 1 N–H and O–H groups in total. The smallest absolute Gasteiger partial charge is 0.123 e. The largest absolute Gasteiger partial charge is 0.467 e. The van der Waals surface area contributed by atoms with E-state index in [9.17, 15) is 0 Å². The minimum absolute atomic E-state index is 0.361. The van der Waals surface area contributed by atoms with Crippen LogP contribution in [0.25, 0.3) is 0 Å². The van der Waals surface area contributed by atoms with Crippen LogP contribution in [0.1, 0.15) is 44.1 Å². The summed E-state index contributed by atoms with van der Waals surface area (Å²) < 4.78 is 5.54. The van der Waals surface area contributed by atoms with Crippen LogP contribution in [0.5, 0.6) is 0 Å². The van der Waals surface area contributed by atoms with Crippen LogP contribution < -0.4 is 5.32 Å². The molecule has 1 rings (SSSR count). The molecule has 0 spiro atoms. The Bertz CT molecular complexity index is 263. The zero-order valence-corrected chi connectivity index (χ0v) is 9.63. The zero-order valence-electron chi connectivity index (χ0n) is 9.63. The highest BCUT2D eigenvalue weighted by Gasteiger charge is 2.22. The van der Waals surface area contributed by atoms with E-state index >= 15 is 0 Å². The Balaban J connectivity index is 2.86. The van der Waals surface area contributed by atoms with Crippen molar-refractivity contribution in [1.29, 1.82) is 0 Å². The Labute approximate surface area is 86.7 Å². The first kappa shape index (κ1) is 11.3. The molecule has 80 valence electrons. The Morgan fingerprint density at radius 2 is 2.00 bits per heavy atom. The molecule has 1 aromatic rings. The van der Waals surface area contributed by atoms with Crippen LogP contribution in [0.4, 0.5) is 0 Å². The van der Waals surface area contributed by atoms with Crippen molar-refractivity contribution in [2.45, 2.75) is 39.7 Å². The first-order valence-corrected chi connectivity index (χ1v) is 5.45. The van der Waals surface area contributed by atoms with Crippen molar-refractivity contribution in [3.05, 3.63) is 23.7 Å². The van der Waals surface area contributed by atoms with Gasteiger partial charge >= 0.3 is 0 Å². The molecule has 14 heavy (non-hydrogen) atoms. The van der Waals surface area contributed by atoms with Gasteiger partial charge in [-0.15, -0.1) is 0 Å². The summed E-state index contributed by atoms with van der Waals surface area (Å²) in [7, 11) is 2.00. The average Bonchev–Trinajstić information content (AvgIpc) is 2.61. The molecule has 1 atom stereocenters. The molecule has 0 saturated heterocycles. The van der Waals surface area contributed by atoms with Gasteiger partial charge in [0, 0.05) is 0 Å². The standard InChI is InChI=1S/C12H21NO/c1-5-10(6-2)11(13-4)12-9(3)7-8-14-12/h7-8,10-11,13H,5-6H2,1-4H3. The number of aryl methyl sites for hydroxylation is 1. The van der Waals surface area contributed by atoms with E-state index in [1.807, 2.05) is 13.1 Å². The van der Waals surface area contributed by atoms with Gasteiger partial charge in [0.05, 0.1) is 12.3 Å². The monoisotopic (exact) mass is 195 g/mol. The van der Waals surface area contributed by atoms with Crippen LogP contribution in [0.3, 0.4) is 0 Å². The Hall–Kier alpha value is -0.760. The number of furan rings is 1. The molecule has 0 aliphatic carbocycles. The van der Waals surface area contributed by atoms with Crippen molar-refractivity contribution in [2.24, 2.45) is 5.92 Å². The molecule has 1 unspecified atom stereocenters. The van der Waals surface area contributed by atoms with Crippen molar-refractivity contribution in [2.75, 3.05) is 7.05 Å². The van der Waals surface area contributed by atoms with Crippen molar-refractivity contribution >= 4 is 0 Å². The maximum atomic E-state index is 5.54. The lowest BCUT2D eigenvalue weighted by Crippen LogP contribution is -2.24. The van der Waals surface area contributed by atoms with Crippen LogP contribution in [0.2, 0.25) is 0 Å². The van der Waals surface area contributed by atoms with Gasteiger partial charge in [-0.2, -0.15) is 0 Å². The quantitative estimate of drug-likeness (QED) is 0.780. The van der Waals surface area contributed by atoms with Gasteiger partial charge in [0.2, 0.25) is 0 Å². The van der Waals surface area contributed by atoms with Crippen LogP contribution in [0.15, 0.2) is 16.7 Å². The van der Waals surface area contributed by atoms with Crippen LogP contribution in [0, 0.1) is 12.8 Å². The molecule has 0 radical (unpaired) electrons. The molecule has 0 fully saturated rings. The second-order valence-electron chi connectivity index (χ2n) is 3.81. The predicted molar refractivity (Wildman–Crippen MR) is 59.3 cm³/mol. The van der Waals surface area contributed by atoms with Crippen molar-refractivity contribution in [1.82, 2.24) is 5.32 Å². The normalized spacial score (nSPS) is 13.5. The number of hydrogen-bond acceptors (Lipinski definition) is 2. The van der Waals surface area contributed by atoms with Gasteiger partial charge < -0.3 is 9.73 Å². The van der Waals surface area contributed by atoms with E-state index in [0.29, 0.717) is 12.0 Å².